The van der Waals surface area contributed by atoms with Gasteiger partial charge in [0.2, 0.25) is 0 Å². The number of aromatic nitrogens is 2. The molecule has 0 saturated carbocycles. The molecule has 112 valence electrons. The molecule has 0 bridgehead atoms. The Hall–Kier alpha value is -2.30. The van der Waals surface area contributed by atoms with E-state index in [4.69, 9.17) is 0 Å². The summed E-state index contributed by atoms with van der Waals surface area (Å²) in [5.41, 5.74) is 1.74. The molecule has 2 N–H and O–H groups in total. The number of carbonyl (C=O) groups excluding carboxylic acids is 1. The van der Waals surface area contributed by atoms with Crippen molar-refractivity contribution in [1.82, 2.24) is 14.9 Å². The maximum atomic E-state index is 12.0. The molecule has 0 aliphatic carbocycles. The third-order valence-electron chi connectivity index (χ3n) is 3.22. The molecule has 0 radical (unpaired) electrons. The van der Waals surface area contributed by atoms with Crippen molar-refractivity contribution in [3.63, 3.8) is 0 Å². The van der Waals surface area contributed by atoms with Crippen molar-refractivity contribution in [2.24, 2.45) is 0 Å². The molecule has 0 fully saturated rings. The van der Waals surface area contributed by atoms with Gasteiger partial charge in [-0.25, -0.2) is 4.98 Å². The zero-order chi connectivity index (χ0) is 14.9. The van der Waals surface area contributed by atoms with Gasteiger partial charge in [0.15, 0.2) is 0 Å². The number of hydrogen-bond acceptors (Lipinski definition) is 3. The molecule has 1 heterocycles. The molecule has 5 nitrogen and oxygen atoms in total. The number of anilines is 1. The number of hydrogen-bond donors (Lipinski definition) is 2. The van der Waals surface area contributed by atoms with Gasteiger partial charge in [-0.05, 0) is 44.0 Å². The summed E-state index contributed by atoms with van der Waals surface area (Å²) < 4.78 is 2.04. The second-order valence-corrected chi connectivity index (χ2v) is 4.87. The summed E-state index contributed by atoms with van der Waals surface area (Å²) in [6.45, 7) is 4.56. The Morgan fingerprint density at radius 1 is 1.24 bits per heavy atom. The summed E-state index contributed by atoms with van der Waals surface area (Å²) >= 11 is 0. The smallest absolute Gasteiger partial charge is 0.251 e. The number of rotatable bonds is 8. The largest absolute Gasteiger partial charge is 0.385 e. The van der Waals surface area contributed by atoms with Gasteiger partial charge >= 0.3 is 0 Å². The van der Waals surface area contributed by atoms with Crippen LogP contribution in [-0.4, -0.2) is 28.5 Å². The molecule has 2 rings (SSSR count). The van der Waals surface area contributed by atoms with Crippen LogP contribution in [0.3, 0.4) is 0 Å². The van der Waals surface area contributed by atoms with Crippen LogP contribution in [0.1, 0.15) is 30.1 Å². The highest BCUT2D eigenvalue weighted by Crippen LogP contribution is 2.09. The van der Waals surface area contributed by atoms with Crippen LogP contribution in [0.5, 0.6) is 0 Å². The fourth-order valence-corrected chi connectivity index (χ4v) is 2.09. The van der Waals surface area contributed by atoms with Crippen LogP contribution in [0.25, 0.3) is 0 Å². The Balaban J connectivity index is 1.66. The topological polar surface area (TPSA) is 59.0 Å². The highest BCUT2D eigenvalue weighted by atomic mass is 16.1. The number of imidazole rings is 1. The molecule has 0 atom stereocenters. The van der Waals surface area contributed by atoms with Crippen LogP contribution in [0.15, 0.2) is 43.0 Å². The molecule has 1 aromatic carbocycles. The highest BCUT2D eigenvalue weighted by Gasteiger charge is 2.04. The first-order valence-electron chi connectivity index (χ1n) is 7.37. The Bertz CT molecular complexity index is 534. The van der Waals surface area contributed by atoms with Crippen LogP contribution in [-0.2, 0) is 6.54 Å². The average molecular weight is 286 g/mol. The van der Waals surface area contributed by atoms with Gasteiger partial charge < -0.3 is 15.2 Å². The number of amides is 1. The zero-order valence-corrected chi connectivity index (χ0v) is 12.4. The van der Waals surface area contributed by atoms with E-state index in [1.54, 1.807) is 6.20 Å². The van der Waals surface area contributed by atoms with E-state index in [1.807, 2.05) is 48.3 Å². The van der Waals surface area contributed by atoms with Gasteiger partial charge in [0.1, 0.15) is 0 Å². The monoisotopic (exact) mass is 286 g/mol. The molecule has 0 spiro atoms. The minimum Gasteiger partial charge on any atom is -0.385 e. The molecular weight excluding hydrogens is 264 g/mol. The fraction of sp³-hybridized carbons (Fsp3) is 0.375. The number of benzene rings is 1. The number of nitrogens with one attached hydrogen (secondary N) is 2. The summed E-state index contributed by atoms with van der Waals surface area (Å²) in [7, 11) is 0. The van der Waals surface area contributed by atoms with Gasteiger partial charge in [-0.3, -0.25) is 4.79 Å². The molecule has 5 heteroatoms. The van der Waals surface area contributed by atoms with Crippen molar-refractivity contribution in [2.75, 3.05) is 18.4 Å². The second kappa shape index (κ2) is 8.09. The van der Waals surface area contributed by atoms with Crippen molar-refractivity contribution < 1.29 is 4.79 Å². The molecule has 0 aliphatic heterocycles. The van der Waals surface area contributed by atoms with E-state index in [1.165, 1.54) is 0 Å². The maximum absolute atomic E-state index is 12.0. The normalized spacial score (nSPS) is 10.3. The molecule has 0 saturated heterocycles. The molecule has 1 amide bonds. The van der Waals surface area contributed by atoms with Crippen molar-refractivity contribution in [3.05, 3.63) is 48.5 Å². The summed E-state index contributed by atoms with van der Waals surface area (Å²) in [6, 6.07) is 7.55. The molecule has 0 unspecified atom stereocenters. The Labute approximate surface area is 125 Å². The zero-order valence-electron chi connectivity index (χ0n) is 12.4. The molecule has 0 aliphatic rings. The second-order valence-electron chi connectivity index (χ2n) is 4.87. The predicted octanol–water partition coefficient (Wildman–Crippen LogP) is 2.53. The van der Waals surface area contributed by atoms with Crippen molar-refractivity contribution >= 4 is 11.6 Å². The Morgan fingerprint density at radius 2 is 2.05 bits per heavy atom. The quantitative estimate of drug-likeness (QED) is 0.733. The lowest BCUT2D eigenvalue weighted by Crippen LogP contribution is -2.24. The number of unbranched alkanes of at least 4 members (excludes halogenated alkanes) is 1. The highest BCUT2D eigenvalue weighted by molar-refractivity contribution is 5.94. The van der Waals surface area contributed by atoms with E-state index in [0.717, 1.165) is 31.6 Å². The van der Waals surface area contributed by atoms with E-state index in [0.29, 0.717) is 12.1 Å². The maximum Gasteiger partial charge on any atom is 0.251 e. The van der Waals surface area contributed by atoms with Gasteiger partial charge in [0, 0.05) is 43.3 Å². The van der Waals surface area contributed by atoms with Crippen molar-refractivity contribution in [2.45, 2.75) is 26.3 Å². The molecule has 2 aromatic rings. The molecule has 1 aromatic heterocycles. The van der Waals surface area contributed by atoms with Crippen LogP contribution in [0.4, 0.5) is 5.69 Å². The summed E-state index contributed by atoms with van der Waals surface area (Å²) in [4.78, 5) is 16.0. The van der Waals surface area contributed by atoms with E-state index in [-0.39, 0.29) is 5.91 Å². The number of carbonyl (C=O) groups is 1. The Morgan fingerprint density at radius 3 is 2.71 bits per heavy atom. The third-order valence-corrected chi connectivity index (χ3v) is 3.22. The fourth-order valence-electron chi connectivity index (χ4n) is 2.09. The minimum absolute atomic E-state index is 0.0133. The lowest BCUT2D eigenvalue weighted by molar-refractivity contribution is 0.0953. The number of nitrogens with zero attached hydrogens (tertiary/aromatic N) is 2. The van der Waals surface area contributed by atoms with Crippen molar-refractivity contribution in [1.29, 1.82) is 0 Å². The van der Waals surface area contributed by atoms with Crippen LogP contribution < -0.4 is 10.6 Å². The summed E-state index contributed by atoms with van der Waals surface area (Å²) in [5.74, 6) is -0.0133. The SMILES string of the molecule is CCNc1ccc(C(=O)NCCCCn2ccnc2)cc1. The first-order chi connectivity index (χ1) is 10.3. The summed E-state index contributed by atoms with van der Waals surface area (Å²) in [5, 5.41) is 6.15. The lowest BCUT2D eigenvalue weighted by Gasteiger charge is -2.07. The van der Waals surface area contributed by atoms with Crippen LogP contribution in [0.2, 0.25) is 0 Å². The lowest BCUT2D eigenvalue weighted by atomic mass is 10.2. The number of aryl methyl sites for hydroxylation is 1. The van der Waals surface area contributed by atoms with E-state index < -0.39 is 0 Å². The molecule has 21 heavy (non-hydrogen) atoms. The summed E-state index contributed by atoms with van der Waals surface area (Å²) in [6.07, 6.45) is 7.52. The van der Waals surface area contributed by atoms with E-state index in [2.05, 4.69) is 15.6 Å². The van der Waals surface area contributed by atoms with Gasteiger partial charge in [0.05, 0.1) is 6.33 Å². The molecular formula is C16H22N4O. The van der Waals surface area contributed by atoms with Gasteiger partial charge in [0.25, 0.3) is 5.91 Å². The first-order valence-corrected chi connectivity index (χ1v) is 7.37. The van der Waals surface area contributed by atoms with Gasteiger partial charge in [-0.15, -0.1) is 0 Å². The van der Waals surface area contributed by atoms with Crippen LogP contribution >= 0.6 is 0 Å². The standard InChI is InChI=1S/C16H22N4O/c1-2-18-15-7-5-14(6-8-15)16(21)19-9-3-4-11-20-12-10-17-13-20/h5-8,10,12-13,18H,2-4,9,11H2,1H3,(H,19,21). The van der Waals surface area contributed by atoms with Gasteiger partial charge in [-0.1, -0.05) is 0 Å². The van der Waals surface area contributed by atoms with Gasteiger partial charge in [-0.2, -0.15) is 0 Å². The van der Waals surface area contributed by atoms with Crippen LogP contribution in [0, 0.1) is 0 Å². The third kappa shape index (κ3) is 4.95. The van der Waals surface area contributed by atoms with E-state index >= 15 is 0 Å². The van der Waals surface area contributed by atoms with Crippen molar-refractivity contribution in [3.8, 4) is 0 Å². The predicted molar refractivity (Wildman–Crippen MR) is 84.4 cm³/mol. The first kappa shape index (κ1) is 15.1. The Kier molecular flexibility index (Phi) is 5.82. The van der Waals surface area contributed by atoms with E-state index in [9.17, 15) is 4.79 Å². The minimum atomic E-state index is -0.0133. The average Bonchev–Trinajstić information content (AvgIpc) is 3.01.